The van der Waals surface area contributed by atoms with Crippen LogP contribution in [0.5, 0.6) is 0 Å². The van der Waals surface area contributed by atoms with Crippen LogP contribution in [0.25, 0.3) is 11.0 Å². The SMILES string of the molecule is O=C(CCc1ccccc1)NCc1nc2ccccc2n1Cc1ccc(Br)cc1. The van der Waals surface area contributed by atoms with Gasteiger partial charge in [0.05, 0.1) is 17.6 Å². The minimum Gasteiger partial charge on any atom is -0.349 e. The molecule has 0 unspecified atom stereocenters. The Kier molecular flexibility index (Phi) is 6.06. The lowest BCUT2D eigenvalue weighted by Crippen LogP contribution is -2.25. The van der Waals surface area contributed by atoms with E-state index in [2.05, 4.69) is 44.0 Å². The summed E-state index contributed by atoms with van der Waals surface area (Å²) in [6.07, 6.45) is 1.21. The van der Waals surface area contributed by atoms with Crippen LogP contribution in [0.3, 0.4) is 0 Å². The third-order valence-corrected chi connectivity index (χ3v) is 5.44. The van der Waals surface area contributed by atoms with Gasteiger partial charge < -0.3 is 9.88 Å². The van der Waals surface area contributed by atoms with E-state index < -0.39 is 0 Å². The summed E-state index contributed by atoms with van der Waals surface area (Å²) in [6, 6.07) is 26.4. The molecule has 0 saturated carbocycles. The molecular weight excluding hydrogens is 426 g/mol. The number of carbonyl (C=O) groups is 1. The predicted octanol–water partition coefficient (Wildman–Crippen LogP) is 5.10. The second kappa shape index (κ2) is 9.05. The van der Waals surface area contributed by atoms with E-state index >= 15 is 0 Å². The number of para-hydroxylation sites is 2. The zero-order valence-corrected chi connectivity index (χ0v) is 17.6. The monoisotopic (exact) mass is 447 g/mol. The molecule has 4 rings (SSSR count). The Labute approximate surface area is 178 Å². The van der Waals surface area contributed by atoms with E-state index in [4.69, 9.17) is 4.98 Å². The average molecular weight is 448 g/mol. The molecule has 5 heteroatoms. The lowest BCUT2D eigenvalue weighted by molar-refractivity contribution is -0.121. The fourth-order valence-corrected chi connectivity index (χ4v) is 3.64. The Hall–Kier alpha value is -2.92. The number of carbonyl (C=O) groups excluding carboxylic acids is 1. The molecule has 4 aromatic rings. The van der Waals surface area contributed by atoms with Crippen molar-refractivity contribution in [2.45, 2.75) is 25.9 Å². The van der Waals surface area contributed by atoms with Gasteiger partial charge in [-0.05, 0) is 41.8 Å². The molecule has 0 bridgehead atoms. The van der Waals surface area contributed by atoms with Crippen LogP contribution in [0.1, 0.15) is 23.4 Å². The van der Waals surface area contributed by atoms with Gasteiger partial charge in [-0.2, -0.15) is 0 Å². The number of imidazole rings is 1. The molecule has 1 amide bonds. The zero-order valence-electron chi connectivity index (χ0n) is 16.0. The highest BCUT2D eigenvalue weighted by molar-refractivity contribution is 9.10. The van der Waals surface area contributed by atoms with Gasteiger partial charge in [0.2, 0.25) is 5.91 Å². The van der Waals surface area contributed by atoms with Crippen molar-refractivity contribution in [3.05, 3.63) is 100 Å². The minimum absolute atomic E-state index is 0.0381. The van der Waals surface area contributed by atoms with Crippen molar-refractivity contribution in [1.29, 1.82) is 0 Å². The number of nitrogens with one attached hydrogen (secondary N) is 1. The van der Waals surface area contributed by atoms with Crippen molar-refractivity contribution in [3.8, 4) is 0 Å². The maximum absolute atomic E-state index is 12.4. The predicted molar refractivity (Wildman–Crippen MR) is 120 cm³/mol. The van der Waals surface area contributed by atoms with E-state index in [9.17, 15) is 4.79 Å². The number of benzene rings is 3. The topological polar surface area (TPSA) is 46.9 Å². The normalized spacial score (nSPS) is 10.9. The van der Waals surface area contributed by atoms with Gasteiger partial charge in [0.25, 0.3) is 0 Å². The first kappa shape index (κ1) is 19.4. The van der Waals surface area contributed by atoms with Crippen molar-refractivity contribution >= 4 is 32.9 Å². The second-order valence-electron chi connectivity index (χ2n) is 6.99. The van der Waals surface area contributed by atoms with Crippen molar-refractivity contribution in [2.75, 3.05) is 0 Å². The molecule has 0 aliphatic carbocycles. The number of aryl methyl sites for hydroxylation is 1. The first-order valence-corrected chi connectivity index (χ1v) is 10.5. The fraction of sp³-hybridized carbons (Fsp3) is 0.167. The maximum atomic E-state index is 12.4. The Balaban J connectivity index is 1.47. The highest BCUT2D eigenvalue weighted by Gasteiger charge is 2.12. The molecule has 0 saturated heterocycles. The molecule has 0 spiro atoms. The van der Waals surface area contributed by atoms with Crippen LogP contribution >= 0.6 is 15.9 Å². The number of halogens is 1. The van der Waals surface area contributed by atoms with E-state index in [1.807, 2.05) is 60.7 Å². The van der Waals surface area contributed by atoms with Crippen LogP contribution in [-0.4, -0.2) is 15.5 Å². The molecule has 4 nitrogen and oxygen atoms in total. The van der Waals surface area contributed by atoms with Gasteiger partial charge in [0.1, 0.15) is 5.82 Å². The molecule has 1 heterocycles. The third kappa shape index (κ3) is 4.93. The first-order chi connectivity index (χ1) is 14.2. The lowest BCUT2D eigenvalue weighted by Gasteiger charge is -2.11. The zero-order chi connectivity index (χ0) is 20.1. The van der Waals surface area contributed by atoms with Crippen LogP contribution in [-0.2, 0) is 24.3 Å². The molecule has 29 heavy (non-hydrogen) atoms. The standard InChI is InChI=1S/C24H22BrN3O/c25-20-13-10-19(11-14-20)17-28-22-9-5-4-8-21(22)27-23(28)16-26-24(29)15-12-18-6-2-1-3-7-18/h1-11,13-14H,12,15-17H2,(H,26,29). The van der Waals surface area contributed by atoms with Crippen LogP contribution in [0.2, 0.25) is 0 Å². The number of nitrogens with zero attached hydrogens (tertiary/aromatic N) is 2. The second-order valence-corrected chi connectivity index (χ2v) is 7.91. The molecule has 0 radical (unpaired) electrons. The van der Waals surface area contributed by atoms with E-state index in [1.165, 1.54) is 11.1 Å². The summed E-state index contributed by atoms with van der Waals surface area (Å²) >= 11 is 3.48. The average Bonchev–Trinajstić information content (AvgIpc) is 3.10. The summed E-state index contributed by atoms with van der Waals surface area (Å²) in [5, 5.41) is 3.04. The number of rotatable bonds is 7. The smallest absolute Gasteiger partial charge is 0.220 e. The van der Waals surface area contributed by atoms with E-state index in [-0.39, 0.29) is 5.91 Å². The molecule has 146 valence electrons. The molecule has 1 aromatic heterocycles. The summed E-state index contributed by atoms with van der Waals surface area (Å²) in [5.41, 5.74) is 4.38. The molecule has 0 aliphatic heterocycles. The number of amides is 1. The van der Waals surface area contributed by atoms with Crippen LogP contribution in [0, 0.1) is 0 Å². The van der Waals surface area contributed by atoms with Crippen molar-refractivity contribution in [1.82, 2.24) is 14.9 Å². The highest BCUT2D eigenvalue weighted by Crippen LogP contribution is 2.19. The Morgan fingerprint density at radius 3 is 2.41 bits per heavy atom. The van der Waals surface area contributed by atoms with Crippen LogP contribution in [0.4, 0.5) is 0 Å². The molecule has 0 fully saturated rings. The summed E-state index contributed by atoms with van der Waals surface area (Å²) in [7, 11) is 0. The van der Waals surface area contributed by atoms with Crippen LogP contribution in [0.15, 0.2) is 83.3 Å². The Bertz CT molecular complexity index is 1100. The van der Waals surface area contributed by atoms with Crippen molar-refractivity contribution in [3.63, 3.8) is 0 Å². The van der Waals surface area contributed by atoms with Gasteiger partial charge in [0.15, 0.2) is 0 Å². The van der Waals surface area contributed by atoms with Gasteiger partial charge >= 0.3 is 0 Å². The molecule has 0 atom stereocenters. The Morgan fingerprint density at radius 1 is 0.897 bits per heavy atom. The van der Waals surface area contributed by atoms with E-state index in [0.29, 0.717) is 19.5 Å². The van der Waals surface area contributed by atoms with Gasteiger partial charge in [-0.3, -0.25) is 4.79 Å². The highest BCUT2D eigenvalue weighted by atomic mass is 79.9. The molecular formula is C24H22BrN3O. The van der Waals surface area contributed by atoms with Gasteiger partial charge in [-0.25, -0.2) is 4.98 Å². The number of fused-ring (bicyclic) bond motifs is 1. The molecule has 0 aliphatic rings. The lowest BCUT2D eigenvalue weighted by atomic mass is 10.1. The number of hydrogen-bond acceptors (Lipinski definition) is 2. The van der Waals surface area contributed by atoms with Gasteiger partial charge in [-0.15, -0.1) is 0 Å². The van der Waals surface area contributed by atoms with Gasteiger partial charge in [-0.1, -0.05) is 70.5 Å². The number of hydrogen-bond donors (Lipinski definition) is 1. The third-order valence-electron chi connectivity index (χ3n) is 4.91. The minimum atomic E-state index is 0.0381. The summed E-state index contributed by atoms with van der Waals surface area (Å²) < 4.78 is 3.23. The van der Waals surface area contributed by atoms with Crippen molar-refractivity contribution < 1.29 is 4.79 Å². The Morgan fingerprint density at radius 2 is 1.62 bits per heavy atom. The number of aromatic nitrogens is 2. The van der Waals surface area contributed by atoms with Crippen LogP contribution < -0.4 is 5.32 Å². The first-order valence-electron chi connectivity index (χ1n) is 9.68. The van der Waals surface area contributed by atoms with E-state index in [1.54, 1.807) is 0 Å². The van der Waals surface area contributed by atoms with Crippen molar-refractivity contribution in [2.24, 2.45) is 0 Å². The maximum Gasteiger partial charge on any atom is 0.220 e. The molecule has 1 N–H and O–H groups in total. The molecule has 3 aromatic carbocycles. The summed E-state index contributed by atoms with van der Waals surface area (Å²) in [5.74, 6) is 0.901. The fourth-order valence-electron chi connectivity index (χ4n) is 3.38. The van der Waals surface area contributed by atoms with Gasteiger partial charge in [0, 0.05) is 17.4 Å². The summed E-state index contributed by atoms with van der Waals surface area (Å²) in [6.45, 7) is 1.13. The quantitative estimate of drug-likeness (QED) is 0.428. The van der Waals surface area contributed by atoms with E-state index in [0.717, 1.165) is 27.8 Å². The summed E-state index contributed by atoms with van der Waals surface area (Å²) in [4.78, 5) is 17.1. The largest absolute Gasteiger partial charge is 0.349 e.